The van der Waals surface area contributed by atoms with Crippen molar-refractivity contribution in [2.75, 3.05) is 20.2 Å². The van der Waals surface area contributed by atoms with Gasteiger partial charge in [0.2, 0.25) is 0 Å². The quantitative estimate of drug-likeness (QED) is 0.707. The topological polar surface area (TPSA) is 50.7 Å². The monoisotopic (exact) mass is 385 g/mol. The van der Waals surface area contributed by atoms with Crippen molar-refractivity contribution in [3.8, 4) is 5.75 Å². The minimum Gasteiger partial charge on any atom is -0.483 e. The second-order valence-electron chi connectivity index (χ2n) is 6.26. The molecule has 0 aliphatic carbocycles. The molecule has 0 saturated carbocycles. The van der Waals surface area contributed by atoms with E-state index in [2.05, 4.69) is 21.2 Å². The van der Waals surface area contributed by atoms with Crippen molar-refractivity contribution < 1.29 is 14.6 Å². The summed E-state index contributed by atoms with van der Waals surface area (Å²) >= 11 is 3.58. The van der Waals surface area contributed by atoms with Gasteiger partial charge in [0.25, 0.3) is 0 Å². The molecule has 130 valence electrons. The Labute approximate surface area is 147 Å². The van der Waals surface area contributed by atoms with Crippen molar-refractivity contribution in [2.45, 2.75) is 49.8 Å². The van der Waals surface area contributed by atoms with Crippen molar-refractivity contribution in [3.05, 3.63) is 29.8 Å². The molecule has 0 amide bonds. The molecule has 5 heteroatoms. The summed E-state index contributed by atoms with van der Waals surface area (Å²) in [7, 11) is 1.67. The smallest absolute Gasteiger partial charge is 0.163 e. The fraction of sp³-hybridized carbons (Fsp3) is 0.667. The Bertz CT molecular complexity index is 485. The second-order valence-corrected chi connectivity index (χ2v) is 7.53. The highest BCUT2D eigenvalue weighted by molar-refractivity contribution is 9.10. The van der Waals surface area contributed by atoms with E-state index in [9.17, 15) is 5.11 Å². The third-order valence-corrected chi connectivity index (χ3v) is 5.76. The van der Waals surface area contributed by atoms with Gasteiger partial charge in [-0.2, -0.15) is 0 Å². The highest BCUT2D eigenvalue weighted by Crippen LogP contribution is 2.38. The molecule has 0 aromatic heterocycles. The maximum absolute atomic E-state index is 11.3. The zero-order valence-corrected chi connectivity index (χ0v) is 15.8. The normalized spacial score (nSPS) is 23.8. The van der Waals surface area contributed by atoms with Gasteiger partial charge in [-0.1, -0.05) is 25.1 Å². The number of nitrogens with one attached hydrogen (secondary N) is 1. The molecule has 1 aliphatic heterocycles. The predicted octanol–water partition coefficient (Wildman–Crippen LogP) is 3.25. The number of alkyl halides is 1. The van der Waals surface area contributed by atoms with Gasteiger partial charge in [-0.05, 0) is 60.3 Å². The molecule has 2 rings (SSSR count). The van der Waals surface area contributed by atoms with Crippen molar-refractivity contribution in [1.29, 1.82) is 0 Å². The molecule has 4 atom stereocenters. The van der Waals surface area contributed by atoms with Gasteiger partial charge >= 0.3 is 0 Å². The van der Waals surface area contributed by atoms with Gasteiger partial charge in [-0.3, -0.25) is 0 Å². The number of aliphatic hydroxyl groups is 1. The van der Waals surface area contributed by atoms with E-state index >= 15 is 0 Å². The van der Waals surface area contributed by atoms with E-state index in [0.29, 0.717) is 0 Å². The van der Waals surface area contributed by atoms with Crippen LogP contribution in [0.25, 0.3) is 0 Å². The number of halogens is 1. The van der Waals surface area contributed by atoms with Gasteiger partial charge in [-0.25, -0.2) is 0 Å². The number of methoxy groups -OCH3 is 1. The van der Waals surface area contributed by atoms with Crippen LogP contribution in [-0.2, 0) is 4.74 Å². The minimum absolute atomic E-state index is 0.0782. The predicted molar refractivity (Wildman–Crippen MR) is 96.2 cm³/mol. The highest BCUT2D eigenvalue weighted by atomic mass is 79.9. The lowest BCUT2D eigenvalue weighted by atomic mass is 9.87. The SMILES string of the molecule is CCC(OC)C(Oc1ccccc1C)C(O)(Br)[C@@H]1CCCNC1. The van der Waals surface area contributed by atoms with Crippen LogP contribution in [0, 0.1) is 12.8 Å². The third kappa shape index (κ3) is 4.47. The molecule has 1 heterocycles. The van der Waals surface area contributed by atoms with Crippen LogP contribution in [0.3, 0.4) is 0 Å². The summed E-state index contributed by atoms with van der Waals surface area (Å²) in [5.41, 5.74) is 1.05. The summed E-state index contributed by atoms with van der Waals surface area (Å²) in [6.45, 7) is 5.83. The number of hydrogen-bond donors (Lipinski definition) is 2. The van der Waals surface area contributed by atoms with Crippen molar-refractivity contribution in [1.82, 2.24) is 5.32 Å². The molecule has 0 bridgehead atoms. The van der Waals surface area contributed by atoms with Gasteiger partial charge in [0.15, 0.2) is 10.6 Å². The van der Waals surface area contributed by atoms with Gasteiger partial charge < -0.3 is 19.9 Å². The summed E-state index contributed by atoms with van der Waals surface area (Å²) in [5.74, 6) is 0.865. The average Bonchev–Trinajstić information content (AvgIpc) is 2.57. The largest absolute Gasteiger partial charge is 0.483 e. The lowest BCUT2D eigenvalue weighted by molar-refractivity contribution is -0.0995. The van der Waals surface area contributed by atoms with Crippen molar-refractivity contribution in [3.63, 3.8) is 0 Å². The molecule has 0 radical (unpaired) electrons. The Morgan fingerprint density at radius 1 is 1.43 bits per heavy atom. The zero-order valence-electron chi connectivity index (χ0n) is 14.2. The van der Waals surface area contributed by atoms with Crippen LogP contribution in [0.5, 0.6) is 5.75 Å². The van der Waals surface area contributed by atoms with E-state index < -0.39 is 10.6 Å². The van der Waals surface area contributed by atoms with Crippen LogP contribution in [-0.4, -0.2) is 42.0 Å². The first-order valence-corrected chi connectivity index (χ1v) is 9.17. The summed E-state index contributed by atoms with van der Waals surface area (Å²) < 4.78 is 10.7. The molecule has 3 unspecified atom stereocenters. The number of hydrogen-bond acceptors (Lipinski definition) is 4. The first kappa shape index (κ1) is 18.7. The third-order valence-electron chi connectivity index (χ3n) is 4.66. The number of para-hydroxylation sites is 1. The van der Waals surface area contributed by atoms with E-state index in [0.717, 1.165) is 43.7 Å². The maximum atomic E-state index is 11.3. The number of benzene rings is 1. The Hall–Kier alpha value is -0.620. The molecular formula is C18H28BrNO3. The lowest BCUT2D eigenvalue weighted by Gasteiger charge is -2.42. The molecule has 0 spiro atoms. The number of piperidine rings is 1. The van der Waals surface area contributed by atoms with Gasteiger partial charge in [0.1, 0.15) is 5.75 Å². The van der Waals surface area contributed by atoms with E-state index in [1.165, 1.54) is 0 Å². The van der Waals surface area contributed by atoms with Crippen molar-refractivity contribution in [2.24, 2.45) is 5.92 Å². The highest BCUT2D eigenvalue weighted by Gasteiger charge is 2.47. The van der Waals surface area contributed by atoms with E-state index in [-0.39, 0.29) is 12.0 Å². The maximum Gasteiger partial charge on any atom is 0.163 e. The van der Waals surface area contributed by atoms with Gasteiger partial charge in [0.05, 0.1) is 6.10 Å². The molecule has 2 N–H and O–H groups in total. The Morgan fingerprint density at radius 3 is 2.74 bits per heavy atom. The van der Waals surface area contributed by atoms with Crippen LogP contribution in [0.1, 0.15) is 31.7 Å². The molecule has 1 saturated heterocycles. The summed E-state index contributed by atoms with van der Waals surface area (Å²) in [6.07, 6.45) is 2.10. The summed E-state index contributed by atoms with van der Waals surface area (Å²) in [5, 5.41) is 14.6. The zero-order chi connectivity index (χ0) is 16.9. The molecule has 1 aromatic rings. The van der Waals surface area contributed by atoms with Gasteiger partial charge in [0, 0.05) is 19.6 Å². The molecule has 1 aliphatic rings. The molecule has 1 aromatic carbocycles. The summed E-state index contributed by atoms with van der Waals surface area (Å²) in [4.78, 5) is 0. The number of rotatable bonds is 7. The Kier molecular flexibility index (Phi) is 6.89. The lowest BCUT2D eigenvalue weighted by Crippen LogP contribution is -2.56. The second kappa shape index (κ2) is 8.47. The van der Waals surface area contributed by atoms with E-state index in [1.807, 2.05) is 38.1 Å². The molecule has 23 heavy (non-hydrogen) atoms. The minimum atomic E-state index is -1.14. The fourth-order valence-electron chi connectivity index (χ4n) is 3.18. The van der Waals surface area contributed by atoms with Crippen LogP contribution in [0.15, 0.2) is 24.3 Å². The number of aryl methyl sites for hydroxylation is 1. The molecule has 4 nitrogen and oxygen atoms in total. The van der Waals surface area contributed by atoms with Crippen LogP contribution >= 0.6 is 15.9 Å². The van der Waals surface area contributed by atoms with Crippen LogP contribution in [0.2, 0.25) is 0 Å². The standard InChI is InChI=1S/C18H28BrNO3/c1-4-15(22-3)17(23-16-10-6-5-8-13(16)2)18(19,21)14-9-7-11-20-12-14/h5-6,8,10,14-15,17,20-21H,4,7,9,11-12H2,1-3H3/t14-,15?,17?,18?/m1/s1. The fourth-order valence-corrected chi connectivity index (χ4v) is 3.96. The molecule has 1 fully saturated rings. The Morgan fingerprint density at radius 2 is 2.17 bits per heavy atom. The van der Waals surface area contributed by atoms with E-state index in [4.69, 9.17) is 9.47 Å². The van der Waals surface area contributed by atoms with Crippen LogP contribution in [0.4, 0.5) is 0 Å². The Balaban J connectivity index is 2.27. The first-order valence-electron chi connectivity index (χ1n) is 8.37. The first-order chi connectivity index (χ1) is 11.0. The van der Waals surface area contributed by atoms with Crippen molar-refractivity contribution >= 4 is 15.9 Å². The molecular weight excluding hydrogens is 358 g/mol. The summed E-state index contributed by atoms with van der Waals surface area (Å²) in [6, 6.07) is 7.88. The van der Waals surface area contributed by atoms with Gasteiger partial charge in [-0.15, -0.1) is 0 Å². The van der Waals surface area contributed by atoms with E-state index in [1.54, 1.807) is 7.11 Å². The van der Waals surface area contributed by atoms with Crippen LogP contribution < -0.4 is 10.1 Å². The number of ether oxygens (including phenoxy) is 2. The average molecular weight is 386 g/mol.